The van der Waals surface area contributed by atoms with Crippen molar-refractivity contribution in [2.45, 2.75) is 13.3 Å². The molecule has 0 fully saturated rings. The number of hydrogen-bond acceptors (Lipinski definition) is 4. The molecule has 0 saturated carbocycles. The van der Waals surface area contributed by atoms with Gasteiger partial charge in [-0.15, -0.1) is 0 Å². The van der Waals surface area contributed by atoms with Gasteiger partial charge in [0.15, 0.2) is 6.61 Å². The molecule has 1 heterocycles. The molecule has 2 aromatic rings. The van der Waals surface area contributed by atoms with E-state index in [9.17, 15) is 9.59 Å². The second kappa shape index (κ2) is 6.69. The fraction of sp³-hybridized carbons (Fsp3) is 0.267. The number of anilines is 1. The Morgan fingerprint density at radius 2 is 2.00 bits per heavy atom. The number of benzene rings is 1. The molecule has 1 N–H and O–H groups in total. The molecular formula is C15H17N3O3. The van der Waals surface area contributed by atoms with Gasteiger partial charge in [0, 0.05) is 18.9 Å². The Kier molecular flexibility index (Phi) is 4.71. The summed E-state index contributed by atoms with van der Waals surface area (Å²) in [5, 5.41) is 6.53. The van der Waals surface area contributed by atoms with Gasteiger partial charge >= 0.3 is 5.97 Å². The maximum Gasteiger partial charge on any atom is 0.341 e. The highest BCUT2D eigenvalue weighted by Gasteiger charge is 2.11. The van der Waals surface area contributed by atoms with Gasteiger partial charge in [0.25, 0.3) is 5.91 Å². The van der Waals surface area contributed by atoms with Gasteiger partial charge in [-0.3, -0.25) is 9.48 Å². The van der Waals surface area contributed by atoms with Crippen LogP contribution in [0.4, 0.5) is 5.69 Å². The molecule has 0 saturated heterocycles. The lowest BCUT2D eigenvalue weighted by Crippen LogP contribution is -2.20. The number of carbonyl (C=O) groups excluding carboxylic acids is 2. The molecule has 2 rings (SSSR count). The summed E-state index contributed by atoms with van der Waals surface area (Å²) in [7, 11) is 1.70. The predicted molar refractivity (Wildman–Crippen MR) is 77.9 cm³/mol. The van der Waals surface area contributed by atoms with E-state index in [4.69, 9.17) is 4.74 Å². The Bertz CT molecular complexity index is 632. The van der Waals surface area contributed by atoms with Gasteiger partial charge in [0.1, 0.15) is 0 Å². The highest BCUT2D eigenvalue weighted by atomic mass is 16.5. The maximum atomic E-state index is 11.7. The van der Waals surface area contributed by atoms with Crippen molar-refractivity contribution in [1.29, 1.82) is 0 Å². The van der Waals surface area contributed by atoms with Crippen molar-refractivity contribution >= 4 is 17.6 Å². The molecule has 0 spiro atoms. The van der Waals surface area contributed by atoms with Crippen LogP contribution in [0, 0.1) is 0 Å². The topological polar surface area (TPSA) is 73.2 Å². The predicted octanol–water partition coefficient (Wildman–Crippen LogP) is 1.78. The van der Waals surface area contributed by atoms with Gasteiger partial charge in [-0.25, -0.2) is 4.79 Å². The molecule has 6 nitrogen and oxygen atoms in total. The quantitative estimate of drug-likeness (QED) is 0.851. The van der Waals surface area contributed by atoms with Crippen molar-refractivity contribution in [2.24, 2.45) is 7.05 Å². The number of carbonyl (C=O) groups is 2. The molecule has 0 aliphatic rings. The van der Waals surface area contributed by atoms with Gasteiger partial charge in [-0.05, 0) is 24.1 Å². The van der Waals surface area contributed by atoms with E-state index in [0.29, 0.717) is 11.3 Å². The van der Waals surface area contributed by atoms with Crippen molar-refractivity contribution in [3.63, 3.8) is 0 Å². The van der Waals surface area contributed by atoms with Crippen LogP contribution in [0.1, 0.15) is 22.8 Å². The number of esters is 1. The summed E-state index contributed by atoms with van der Waals surface area (Å²) in [6, 6.07) is 7.52. The Morgan fingerprint density at radius 3 is 2.57 bits per heavy atom. The molecule has 1 amide bonds. The number of amides is 1. The molecule has 0 radical (unpaired) electrons. The molecule has 0 aliphatic carbocycles. The first kappa shape index (κ1) is 14.8. The molecule has 21 heavy (non-hydrogen) atoms. The second-order valence-electron chi connectivity index (χ2n) is 4.58. The highest BCUT2D eigenvalue weighted by molar-refractivity contribution is 5.95. The van der Waals surface area contributed by atoms with Crippen molar-refractivity contribution in [1.82, 2.24) is 9.78 Å². The summed E-state index contributed by atoms with van der Waals surface area (Å²) in [6.45, 7) is 1.73. The number of rotatable bonds is 5. The first-order valence-corrected chi connectivity index (χ1v) is 6.63. The first-order valence-electron chi connectivity index (χ1n) is 6.63. The summed E-state index contributed by atoms with van der Waals surface area (Å²) < 4.78 is 6.41. The van der Waals surface area contributed by atoms with Crippen LogP contribution in [-0.2, 0) is 23.0 Å². The Hall–Kier alpha value is -2.63. The van der Waals surface area contributed by atoms with Crippen molar-refractivity contribution in [3.05, 3.63) is 47.8 Å². The van der Waals surface area contributed by atoms with Crippen LogP contribution in [0.15, 0.2) is 36.7 Å². The largest absolute Gasteiger partial charge is 0.452 e. The highest BCUT2D eigenvalue weighted by Crippen LogP contribution is 2.10. The van der Waals surface area contributed by atoms with Gasteiger partial charge in [0.2, 0.25) is 0 Å². The van der Waals surface area contributed by atoms with Gasteiger partial charge in [0.05, 0.1) is 11.8 Å². The monoisotopic (exact) mass is 287 g/mol. The minimum Gasteiger partial charge on any atom is -0.452 e. The molecule has 6 heteroatoms. The average Bonchev–Trinajstić information content (AvgIpc) is 2.92. The molecular weight excluding hydrogens is 270 g/mol. The number of nitrogens with zero attached hydrogens (tertiary/aromatic N) is 2. The number of aromatic nitrogens is 2. The van der Waals surface area contributed by atoms with Crippen molar-refractivity contribution < 1.29 is 14.3 Å². The number of ether oxygens (including phenoxy) is 1. The number of hydrogen-bond donors (Lipinski definition) is 1. The van der Waals surface area contributed by atoms with E-state index >= 15 is 0 Å². The van der Waals surface area contributed by atoms with E-state index < -0.39 is 5.97 Å². The summed E-state index contributed by atoms with van der Waals surface area (Å²) >= 11 is 0. The van der Waals surface area contributed by atoms with E-state index in [-0.39, 0.29) is 12.5 Å². The van der Waals surface area contributed by atoms with Crippen LogP contribution >= 0.6 is 0 Å². The van der Waals surface area contributed by atoms with Gasteiger partial charge < -0.3 is 10.1 Å². The standard InChI is InChI=1S/C15H17N3O3/c1-3-11-4-6-13(7-5-11)17-14(19)10-21-15(20)12-8-16-18(2)9-12/h4-9H,3,10H2,1-2H3,(H,17,19). The third-order valence-corrected chi connectivity index (χ3v) is 2.92. The lowest BCUT2D eigenvalue weighted by Gasteiger charge is -2.06. The Labute approximate surface area is 122 Å². The van der Waals surface area contributed by atoms with Crippen LogP contribution < -0.4 is 5.32 Å². The van der Waals surface area contributed by atoms with Crippen LogP contribution in [0.2, 0.25) is 0 Å². The van der Waals surface area contributed by atoms with Crippen LogP contribution in [0.25, 0.3) is 0 Å². The minimum atomic E-state index is -0.570. The summed E-state index contributed by atoms with van der Waals surface area (Å²) in [6.07, 6.45) is 3.87. The molecule has 0 atom stereocenters. The molecule has 1 aromatic carbocycles. The SMILES string of the molecule is CCc1ccc(NC(=O)COC(=O)c2cnn(C)c2)cc1. The van der Waals surface area contributed by atoms with E-state index in [1.807, 2.05) is 24.3 Å². The van der Waals surface area contributed by atoms with Crippen LogP contribution in [-0.4, -0.2) is 28.3 Å². The normalized spacial score (nSPS) is 10.2. The zero-order chi connectivity index (χ0) is 15.2. The number of nitrogens with one attached hydrogen (secondary N) is 1. The third kappa shape index (κ3) is 4.17. The van der Waals surface area contributed by atoms with E-state index in [1.54, 1.807) is 7.05 Å². The van der Waals surface area contributed by atoms with Crippen LogP contribution in [0.3, 0.4) is 0 Å². The van der Waals surface area contributed by atoms with E-state index in [2.05, 4.69) is 17.3 Å². The molecule has 0 aliphatic heterocycles. The van der Waals surface area contributed by atoms with E-state index in [0.717, 1.165) is 6.42 Å². The summed E-state index contributed by atoms with van der Waals surface area (Å²) in [5.41, 5.74) is 2.18. The second-order valence-corrected chi connectivity index (χ2v) is 4.58. The first-order chi connectivity index (χ1) is 10.1. The average molecular weight is 287 g/mol. The molecule has 0 bridgehead atoms. The lowest BCUT2D eigenvalue weighted by molar-refractivity contribution is -0.119. The third-order valence-electron chi connectivity index (χ3n) is 2.92. The number of aryl methyl sites for hydroxylation is 2. The summed E-state index contributed by atoms with van der Waals surface area (Å²) in [4.78, 5) is 23.3. The minimum absolute atomic E-state index is 0.317. The smallest absolute Gasteiger partial charge is 0.341 e. The van der Waals surface area contributed by atoms with E-state index in [1.165, 1.54) is 22.6 Å². The molecule has 1 aromatic heterocycles. The Balaban J connectivity index is 1.82. The van der Waals surface area contributed by atoms with Crippen LogP contribution in [0.5, 0.6) is 0 Å². The summed E-state index contributed by atoms with van der Waals surface area (Å²) in [5.74, 6) is -0.948. The maximum absolute atomic E-state index is 11.7. The fourth-order valence-corrected chi connectivity index (χ4v) is 1.76. The van der Waals surface area contributed by atoms with Gasteiger partial charge in [-0.1, -0.05) is 19.1 Å². The van der Waals surface area contributed by atoms with Gasteiger partial charge in [-0.2, -0.15) is 5.10 Å². The van der Waals surface area contributed by atoms with Crippen molar-refractivity contribution in [2.75, 3.05) is 11.9 Å². The molecule has 110 valence electrons. The fourth-order valence-electron chi connectivity index (χ4n) is 1.76. The molecule has 0 unspecified atom stereocenters. The zero-order valence-electron chi connectivity index (χ0n) is 12.0. The van der Waals surface area contributed by atoms with Crippen molar-refractivity contribution in [3.8, 4) is 0 Å². The zero-order valence-corrected chi connectivity index (χ0v) is 12.0. The Morgan fingerprint density at radius 1 is 1.29 bits per heavy atom. The lowest BCUT2D eigenvalue weighted by atomic mass is 10.1.